The zero-order chi connectivity index (χ0) is 27.8. The summed E-state index contributed by atoms with van der Waals surface area (Å²) < 4.78 is 16.9. The van der Waals surface area contributed by atoms with Gasteiger partial charge < -0.3 is 30.2 Å². The SMILES string of the molecule is CCC1(C2CCCCC2)CN(CCOCCOCCOCCNC(=O)CCCCC[C@H]2NC(=O)N[C@H]2C)NN1. The fourth-order valence-electron chi connectivity index (χ4n) is 5.98. The average molecular weight is 555 g/mol. The van der Waals surface area contributed by atoms with Crippen molar-refractivity contribution in [3.63, 3.8) is 0 Å². The molecular weight excluding hydrogens is 500 g/mol. The molecule has 1 aliphatic carbocycles. The summed E-state index contributed by atoms with van der Waals surface area (Å²) in [4.78, 5) is 23.2. The van der Waals surface area contributed by atoms with E-state index in [1.54, 1.807) is 0 Å². The molecule has 11 heteroatoms. The molecular formula is C28H54N6O5. The topological polar surface area (TPSA) is 125 Å². The van der Waals surface area contributed by atoms with Gasteiger partial charge in [0.15, 0.2) is 0 Å². The maximum absolute atomic E-state index is 11.9. The smallest absolute Gasteiger partial charge is 0.315 e. The third kappa shape index (κ3) is 11.5. The standard InChI is InChI=1S/C28H54N6O5/c1-3-28(24-10-6-4-7-11-24)22-34(33-32-28)15-17-38-19-21-39-20-18-37-16-14-29-26(35)13-9-5-8-12-25-23(2)30-27(36)31-25/h23-25,32-33H,3-22H2,1-2H3,(H,29,35)(H2,30,31,36)/t23-,25+,28?/m0/s1. The largest absolute Gasteiger partial charge is 0.378 e. The van der Waals surface area contributed by atoms with E-state index in [1.165, 1.54) is 32.1 Å². The van der Waals surface area contributed by atoms with Gasteiger partial charge in [-0.1, -0.05) is 39.0 Å². The molecule has 0 radical (unpaired) electrons. The predicted molar refractivity (Wildman–Crippen MR) is 151 cm³/mol. The molecule has 5 N–H and O–H groups in total. The van der Waals surface area contributed by atoms with Gasteiger partial charge in [0.25, 0.3) is 0 Å². The minimum absolute atomic E-state index is 0.0606. The molecule has 1 unspecified atom stereocenters. The zero-order valence-electron chi connectivity index (χ0n) is 24.4. The second kappa shape index (κ2) is 18.0. The highest BCUT2D eigenvalue weighted by Crippen LogP contribution is 2.36. The molecule has 1 saturated carbocycles. The van der Waals surface area contributed by atoms with Gasteiger partial charge in [0.05, 0.1) is 51.2 Å². The van der Waals surface area contributed by atoms with Crippen molar-refractivity contribution >= 4 is 11.9 Å². The van der Waals surface area contributed by atoms with E-state index in [0.717, 1.165) is 51.1 Å². The molecule has 3 fully saturated rings. The van der Waals surface area contributed by atoms with Gasteiger partial charge in [-0.25, -0.2) is 15.2 Å². The maximum atomic E-state index is 11.9. The molecule has 11 nitrogen and oxygen atoms in total. The van der Waals surface area contributed by atoms with Crippen LogP contribution in [0.3, 0.4) is 0 Å². The van der Waals surface area contributed by atoms with Crippen molar-refractivity contribution in [3.8, 4) is 0 Å². The summed E-state index contributed by atoms with van der Waals surface area (Å²) >= 11 is 0. The van der Waals surface area contributed by atoms with Gasteiger partial charge in [-0.15, -0.1) is 0 Å². The molecule has 3 atom stereocenters. The van der Waals surface area contributed by atoms with Crippen molar-refractivity contribution in [1.29, 1.82) is 0 Å². The zero-order valence-corrected chi connectivity index (χ0v) is 24.4. The van der Waals surface area contributed by atoms with E-state index in [-0.39, 0.29) is 29.6 Å². The number of hydrazine groups is 2. The Kier molecular flexibility index (Phi) is 14.8. The van der Waals surface area contributed by atoms with Gasteiger partial charge in [-0.05, 0) is 44.9 Å². The van der Waals surface area contributed by atoms with E-state index >= 15 is 0 Å². The molecule has 0 aromatic carbocycles. The quantitative estimate of drug-likeness (QED) is 0.145. The number of nitrogens with zero attached hydrogens (tertiary/aromatic N) is 1. The Balaban J connectivity index is 1.05. The lowest BCUT2D eigenvalue weighted by Gasteiger charge is -2.38. The van der Waals surface area contributed by atoms with Crippen LogP contribution in [0.5, 0.6) is 0 Å². The summed E-state index contributed by atoms with van der Waals surface area (Å²) in [6.45, 7) is 10.0. The molecule has 2 heterocycles. The summed E-state index contributed by atoms with van der Waals surface area (Å²) in [5.74, 6) is 0.823. The Hall–Kier alpha value is -1.50. The van der Waals surface area contributed by atoms with E-state index in [1.807, 2.05) is 6.92 Å². The van der Waals surface area contributed by atoms with Gasteiger partial charge in [0, 0.05) is 32.1 Å². The second-order valence-corrected chi connectivity index (χ2v) is 11.3. The van der Waals surface area contributed by atoms with Crippen LogP contribution in [-0.2, 0) is 19.0 Å². The number of hydrogen-bond donors (Lipinski definition) is 5. The summed E-state index contributed by atoms with van der Waals surface area (Å²) in [7, 11) is 0. The molecule has 0 aromatic rings. The number of urea groups is 1. The summed E-state index contributed by atoms with van der Waals surface area (Å²) in [6.07, 6.45) is 12.3. The second-order valence-electron chi connectivity index (χ2n) is 11.3. The third-order valence-electron chi connectivity index (χ3n) is 8.47. The number of carbonyl (C=O) groups is 2. The first kappa shape index (κ1) is 32.0. The van der Waals surface area contributed by atoms with Crippen molar-refractivity contribution in [2.24, 2.45) is 5.92 Å². The van der Waals surface area contributed by atoms with E-state index in [4.69, 9.17) is 14.2 Å². The maximum Gasteiger partial charge on any atom is 0.315 e. The molecule has 0 aromatic heterocycles. The van der Waals surface area contributed by atoms with Crippen LogP contribution in [0.4, 0.5) is 4.79 Å². The highest BCUT2D eigenvalue weighted by Gasteiger charge is 2.43. The van der Waals surface area contributed by atoms with Crippen molar-refractivity contribution in [2.45, 2.75) is 102 Å². The van der Waals surface area contributed by atoms with Crippen molar-refractivity contribution in [2.75, 3.05) is 59.3 Å². The fourth-order valence-corrected chi connectivity index (χ4v) is 5.98. The van der Waals surface area contributed by atoms with Gasteiger partial charge in [0.2, 0.25) is 5.91 Å². The van der Waals surface area contributed by atoms with Crippen LogP contribution in [0.15, 0.2) is 0 Å². The summed E-state index contributed by atoms with van der Waals surface area (Å²) in [5, 5.41) is 10.9. The number of ether oxygens (including phenoxy) is 3. The lowest BCUT2D eigenvalue weighted by molar-refractivity contribution is -0.121. The number of carbonyl (C=O) groups excluding carboxylic acids is 2. The number of unbranched alkanes of at least 4 members (excludes halogenated alkanes) is 2. The van der Waals surface area contributed by atoms with Gasteiger partial charge in [-0.2, -0.15) is 5.53 Å². The summed E-state index contributed by atoms with van der Waals surface area (Å²) in [5.41, 5.74) is 7.18. The minimum atomic E-state index is -0.0823. The van der Waals surface area contributed by atoms with Gasteiger partial charge in [0.1, 0.15) is 0 Å². The van der Waals surface area contributed by atoms with Crippen LogP contribution in [0.1, 0.15) is 84.5 Å². The highest BCUT2D eigenvalue weighted by atomic mass is 16.5. The minimum Gasteiger partial charge on any atom is -0.378 e. The molecule has 2 aliphatic heterocycles. The molecule has 226 valence electrons. The monoisotopic (exact) mass is 554 g/mol. The normalized spacial score (nSPS) is 26.1. The van der Waals surface area contributed by atoms with Crippen LogP contribution in [-0.4, -0.2) is 93.8 Å². The van der Waals surface area contributed by atoms with Crippen LogP contribution in [0.2, 0.25) is 0 Å². The fraction of sp³-hybridized carbons (Fsp3) is 0.929. The van der Waals surface area contributed by atoms with Crippen molar-refractivity contribution in [1.82, 2.24) is 31.9 Å². The van der Waals surface area contributed by atoms with E-state index in [9.17, 15) is 9.59 Å². The first-order valence-electron chi connectivity index (χ1n) is 15.4. The first-order chi connectivity index (χ1) is 19.0. The number of amides is 3. The van der Waals surface area contributed by atoms with E-state index < -0.39 is 0 Å². The van der Waals surface area contributed by atoms with E-state index in [0.29, 0.717) is 52.6 Å². The van der Waals surface area contributed by atoms with E-state index in [2.05, 4.69) is 38.8 Å². The van der Waals surface area contributed by atoms with Gasteiger partial charge >= 0.3 is 6.03 Å². The number of nitrogens with one attached hydrogen (secondary N) is 5. The molecule has 39 heavy (non-hydrogen) atoms. The lowest BCUT2D eigenvalue weighted by Crippen LogP contribution is -2.51. The van der Waals surface area contributed by atoms with Crippen molar-refractivity contribution in [3.05, 3.63) is 0 Å². The lowest BCUT2D eigenvalue weighted by atomic mass is 9.73. The highest BCUT2D eigenvalue weighted by molar-refractivity contribution is 5.77. The molecule has 3 rings (SSSR count). The average Bonchev–Trinajstić information content (AvgIpc) is 3.52. The Morgan fingerprint density at radius 2 is 1.69 bits per heavy atom. The van der Waals surface area contributed by atoms with Crippen molar-refractivity contribution < 1.29 is 23.8 Å². The third-order valence-corrected chi connectivity index (χ3v) is 8.47. The molecule has 0 spiro atoms. The molecule has 0 bridgehead atoms. The Bertz CT molecular complexity index is 710. The van der Waals surface area contributed by atoms with Crippen LogP contribution in [0, 0.1) is 5.92 Å². The van der Waals surface area contributed by atoms with Crippen LogP contribution < -0.4 is 26.9 Å². The van der Waals surface area contributed by atoms with Crippen LogP contribution >= 0.6 is 0 Å². The van der Waals surface area contributed by atoms with Gasteiger partial charge in [-0.3, -0.25) is 4.79 Å². The molecule has 3 aliphatic rings. The predicted octanol–water partition coefficient (Wildman–Crippen LogP) is 2.23. The number of rotatable bonds is 20. The Morgan fingerprint density at radius 1 is 0.974 bits per heavy atom. The Morgan fingerprint density at radius 3 is 2.38 bits per heavy atom. The Labute approximate surface area is 235 Å². The molecule has 3 amide bonds. The van der Waals surface area contributed by atoms with Crippen LogP contribution in [0.25, 0.3) is 0 Å². The molecule has 2 saturated heterocycles. The first-order valence-corrected chi connectivity index (χ1v) is 15.4. The summed E-state index contributed by atoms with van der Waals surface area (Å²) in [6, 6.07) is 0.288. The number of hydrogen-bond acceptors (Lipinski definition) is 8.